The highest BCUT2D eigenvalue weighted by Gasteiger charge is 2.15. The molecule has 0 fully saturated rings. The fraction of sp³-hybridized carbons (Fsp3) is 0.350. The number of benzene rings is 2. The summed E-state index contributed by atoms with van der Waals surface area (Å²) in [6.07, 6.45) is 0.424. The fourth-order valence-electron chi connectivity index (χ4n) is 2.63. The number of amides is 1. The van der Waals surface area contributed by atoms with Crippen molar-refractivity contribution in [2.45, 2.75) is 17.9 Å². The molecule has 0 aliphatic rings. The molecular weight excluding hydrogens is 434 g/mol. The van der Waals surface area contributed by atoms with E-state index >= 15 is 0 Å². The molecule has 0 radical (unpaired) electrons. The van der Waals surface area contributed by atoms with E-state index in [1.54, 1.807) is 12.1 Å². The number of ether oxygens (including phenoxy) is 3. The van der Waals surface area contributed by atoms with E-state index in [0.29, 0.717) is 12.0 Å². The van der Waals surface area contributed by atoms with Crippen LogP contribution in [0.4, 0.5) is 8.78 Å². The molecular formula is C20H24F2N2O6S. The Morgan fingerprint density at radius 2 is 1.74 bits per heavy atom. The molecule has 0 aliphatic carbocycles. The highest BCUT2D eigenvalue weighted by Crippen LogP contribution is 2.29. The van der Waals surface area contributed by atoms with Gasteiger partial charge in [-0.1, -0.05) is 6.07 Å². The Labute approximate surface area is 179 Å². The quantitative estimate of drug-likeness (QED) is 0.473. The number of carbonyl (C=O) groups is 1. The molecule has 2 aromatic rings. The van der Waals surface area contributed by atoms with Gasteiger partial charge in [0.25, 0.3) is 5.91 Å². The molecule has 31 heavy (non-hydrogen) atoms. The normalized spacial score (nSPS) is 11.4. The summed E-state index contributed by atoms with van der Waals surface area (Å²) in [6.45, 7) is -2.30. The lowest BCUT2D eigenvalue weighted by Gasteiger charge is -2.12. The molecule has 0 aromatic heterocycles. The van der Waals surface area contributed by atoms with Gasteiger partial charge in [0.2, 0.25) is 10.0 Å². The van der Waals surface area contributed by atoms with Crippen molar-refractivity contribution in [2.24, 2.45) is 0 Å². The molecule has 0 saturated carbocycles. The van der Waals surface area contributed by atoms with Crippen LogP contribution in [0.2, 0.25) is 0 Å². The molecule has 2 N–H and O–H groups in total. The molecule has 0 spiro atoms. The van der Waals surface area contributed by atoms with Crippen LogP contribution in [0.1, 0.15) is 15.9 Å². The summed E-state index contributed by atoms with van der Waals surface area (Å²) in [4.78, 5) is 12.3. The molecule has 0 bridgehead atoms. The largest absolute Gasteiger partial charge is 0.493 e. The van der Waals surface area contributed by atoms with Crippen LogP contribution in [0.15, 0.2) is 47.4 Å². The second-order valence-corrected chi connectivity index (χ2v) is 8.05. The van der Waals surface area contributed by atoms with Crippen molar-refractivity contribution in [3.8, 4) is 11.5 Å². The summed E-state index contributed by atoms with van der Waals surface area (Å²) < 4.78 is 65.6. The van der Waals surface area contributed by atoms with Crippen molar-refractivity contribution in [2.75, 3.05) is 33.9 Å². The van der Waals surface area contributed by atoms with Gasteiger partial charge < -0.3 is 19.5 Å². The van der Waals surface area contributed by atoms with Crippen LogP contribution in [0.3, 0.4) is 0 Å². The van der Waals surface area contributed by atoms with Gasteiger partial charge in [0, 0.05) is 25.8 Å². The predicted molar refractivity (Wildman–Crippen MR) is 109 cm³/mol. The number of nitrogens with one attached hydrogen (secondary N) is 2. The highest BCUT2D eigenvalue weighted by atomic mass is 32.2. The first kappa shape index (κ1) is 24.5. The summed E-state index contributed by atoms with van der Waals surface area (Å²) >= 11 is 0. The van der Waals surface area contributed by atoms with Gasteiger partial charge >= 0.3 is 6.61 Å². The average Bonchev–Trinajstić information content (AvgIpc) is 2.74. The van der Waals surface area contributed by atoms with Crippen molar-refractivity contribution >= 4 is 15.9 Å². The molecule has 2 aromatic carbocycles. The first-order chi connectivity index (χ1) is 14.8. The summed E-state index contributed by atoms with van der Waals surface area (Å²) in [6, 6.07) is 10.1. The number of sulfonamides is 1. The average molecular weight is 458 g/mol. The van der Waals surface area contributed by atoms with Gasteiger partial charge in [-0.3, -0.25) is 4.79 Å². The Morgan fingerprint density at radius 3 is 2.35 bits per heavy atom. The number of methoxy groups -OCH3 is 2. The lowest BCUT2D eigenvalue weighted by Crippen LogP contribution is -2.28. The van der Waals surface area contributed by atoms with Crippen LogP contribution in [0, 0.1) is 0 Å². The molecule has 2 rings (SSSR count). The maximum absolute atomic E-state index is 12.4. The Morgan fingerprint density at radius 1 is 1.03 bits per heavy atom. The number of hydrogen-bond donors (Lipinski definition) is 2. The molecule has 11 heteroatoms. The zero-order valence-electron chi connectivity index (χ0n) is 17.1. The van der Waals surface area contributed by atoms with Crippen molar-refractivity contribution in [3.05, 3.63) is 53.6 Å². The molecule has 0 saturated heterocycles. The van der Waals surface area contributed by atoms with E-state index in [0.717, 1.165) is 5.56 Å². The number of halogens is 2. The van der Waals surface area contributed by atoms with E-state index in [1.807, 2.05) is 0 Å². The minimum absolute atomic E-state index is 0.0401. The van der Waals surface area contributed by atoms with Crippen LogP contribution >= 0.6 is 0 Å². The van der Waals surface area contributed by atoms with Gasteiger partial charge in [0.05, 0.1) is 18.6 Å². The first-order valence-corrected chi connectivity index (χ1v) is 10.7. The molecule has 0 atom stereocenters. The van der Waals surface area contributed by atoms with Crippen molar-refractivity contribution in [1.82, 2.24) is 10.0 Å². The third kappa shape index (κ3) is 7.46. The number of carbonyl (C=O) groups excluding carboxylic acids is 1. The number of rotatable bonds is 12. The first-order valence-electron chi connectivity index (χ1n) is 9.25. The zero-order chi connectivity index (χ0) is 22.9. The van der Waals surface area contributed by atoms with E-state index < -0.39 is 16.6 Å². The smallest absolute Gasteiger partial charge is 0.387 e. The summed E-state index contributed by atoms with van der Waals surface area (Å²) in [5.41, 5.74) is 1.05. The van der Waals surface area contributed by atoms with E-state index in [9.17, 15) is 22.0 Å². The van der Waals surface area contributed by atoms with E-state index in [1.165, 1.54) is 44.6 Å². The van der Waals surface area contributed by atoms with Gasteiger partial charge in [-0.15, -0.1) is 0 Å². The van der Waals surface area contributed by atoms with Gasteiger partial charge in [0.15, 0.2) is 11.5 Å². The predicted octanol–water partition coefficient (Wildman–Crippen LogP) is 2.19. The van der Waals surface area contributed by atoms with Crippen LogP contribution in [-0.2, 0) is 21.2 Å². The standard InChI is InChI=1S/C20H24F2N2O6S/c1-28-12-11-24-31(26,27)16-6-4-15(5-7-16)19(25)23-10-9-14-3-8-17(30-20(21)22)18(13-14)29-2/h3-8,13,20,24H,9-12H2,1-2H3,(H,23,25). The molecule has 0 unspecified atom stereocenters. The second kappa shape index (κ2) is 11.6. The van der Waals surface area contributed by atoms with E-state index in [-0.39, 0.29) is 42.0 Å². The Hall–Kier alpha value is -2.76. The van der Waals surface area contributed by atoms with Crippen molar-refractivity contribution < 1.29 is 36.2 Å². The van der Waals surface area contributed by atoms with Gasteiger partial charge in [-0.2, -0.15) is 8.78 Å². The minimum Gasteiger partial charge on any atom is -0.493 e. The summed E-state index contributed by atoms with van der Waals surface area (Å²) in [7, 11) is -0.866. The summed E-state index contributed by atoms with van der Waals surface area (Å²) in [5.74, 6) is -0.280. The second-order valence-electron chi connectivity index (χ2n) is 6.28. The number of hydrogen-bond acceptors (Lipinski definition) is 6. The molecule has 170 valence electrons. The van der Waals surface area contributed by atoms with E-state index in [2.05, 4.69) is 14.8 Å². The highest BCUT2D eigenvalue weighted by molar-refractivity contribution is 7.89. The topological polar surface area (TPSA) is 103 Å². The van der Waals surface area contributed by atoms with Crippen molar-refractivity contribution in [1.29, 1.82) is 0 Å². The molecule has 8 nitrogen and oxygen atoms in total. The van der Waals surface area contributed by atoms with Crippen LogP contribution in [0.5, 0.6) is 11.5 Å². The Bertz CT molecular complexity index is 968. The maximum Gasteiger partial charge on any atom is 0.387 e. The van der Waals surface area contributed by atoms with E-state index in [4.69, 9.17) is 9.47 Å². The van der Waals surface area contributed by atoms with Crippen molar-refractivity contribution in [3.63, 3.8) is 0 Å². The minimum atomic E-state index is -3.68. The van der Waals surface area contributed by atoms with Crippen LogP contribution in [-0.4, -0.2) is 54.9 Å². The third-order valence-electron chi connectivity index (χ3n) is 4.17. The van der Waals surface area contributed by atoms with Gasteiger partial charge in [-0.25, -0.2) is 13.1 Å². The van der Waals surface area contributed by atoms with Crippen LogP contribution in [0.25, 0.3) is 0 Å². The molecule has 1 amide bonds. The molecule has 0 aliphatic heterocycles. The zero-order valence-corrected chi connectivity index (χ0v) is 17.9. The van der Waals surface area contributed by atoms with Crippen LogP contribution < -0.4 is 19.5 Å². The van der Waals surface area contributed by atoms with Gasteiger partial charge in [-0.05, 0) is 48.4 Å². The lowest BCUT2D eigenvalue weighted by molar-refractivity contribution is -0.0512. The SMILES string of the molecule is COCCNS(=O)(=O)c1ccc(C(=O)NCCc2ccc(OC(F)F)c(OC)c2)cc1. The summed E-state index contributed by atoms with van der Waals surface area (Å²) in [5, 5.41) is 2.72. The molecule has 0 heterocycles. The third-order valence-corrected chi connectivity index (χ3v) is 5.65. The lowest BCUT2D eigenvalue weighted by atomic mass is 10.1. The maximum atomic E-state index is 12.4. The van der Waals surface area contributed by atoms with Gasteiger partial charge in [0.1, 0.15) is 0 Å². The fourth-order valence-corrected chi connectivity index (χ4v) is 3.64. The Balaban J connectivity index is 1.91. The number of alkyl halides is 2. The monoisotopic (exact) mass is 458 g/mol. The Kier molecular flexibility index (Phi) is 9.16.